The van der Waals surface area contributed by atoms with Gasteiger partial charge in [0.2, 0.25) is 0 Å². The molecule has 5 nitrogen and oxygen atoms in total. The van der Waals surface area contributed by atoms with E-state index in [1.54, 1.807) is 0 Å². The predicted octanol–water partition coefficient (Wildman–Crippen LogP) is 2.46. The maximum absolute atomic E-state index is 12.1. The molecular formula is C14H26N2O3. The highest BCUT2D eigenvalue weighted by Gasteiger charge is 2.30. The number of nitrogens with one attached hydrogen (secondary N) is 1. The molecule has 0 bridgehead atoms. The molecule has 1 rings (SSSR count). The standard InChI is InChI=1S/C14H26N2O3/c1-4-11(2)16(9-12(17)18)13(19)15-10-14(3)7-5-6-8-14/h11H,4-10H2,1-3H3,(H,15,19)(H,17,18). The molecule has 0 aromatic carbocycles. The van der Waals surface area contributed by atoms with E-state index in [1.165, 1.54) is 17.7 Å². The molecule has 1 aliphatic carbocycles. The third kappa shape index (κ3) is 4.73. The summed E-state index contributed by atoms with van der Waals surface area (Å²) in [6, 6.07) is -0.322. The van der Waals surface area contributed by atoms with E-state index in [1.807, 2.05) is 13.8 Å². The zero-order valence-electron chi connectivity index (χ0n) is 12.2. The lowest BCUT2D eigenvalue weighted by molar-refractivity contribution is -0.138. The first-order chi connectivity index (χ1) is 8.88. The average molecular weight is 270 g/mol. The molecule has 1 fully saturated rings. The summed E-state index contributed by atoms with van der Waals surface area (Å²) in [7, 11) is 0. The number of hydrogen-bond acceptors (Lipinski definition) is 2. The summed E-state index contributed by atoms with van der Waals surface area (Å²) < 4.78 is 0. The van der Waals surface area contributed by atoms with Crippen molar-refractivity contribution in [3.05, 3.63) is 0 Å². The number of carboxylic acids is 1. The molecular weight excluding hydrogens is 244 g/mol. The highest BCUT2D eigenvalue weighted by Crippen LogP contribution is 2.36. The number of urea groups is 1. The van der Waals surface area contributed by atoms with E-state index >= 15 is 0 Å². The molecule has 0 radical (unpaired) electrons. The fourth-order valence-electron chi connectivity index (χ4n) is 2.59. The molecule has 2 amide bonds. The molecule has 1 saturated carbocycles. The van der Waals surface area contributed by atoms with Crippen LogP contribution in [0.1, 0.15) is 52.9 Å². The highest BCUT2D eigenvalue weighted by atomic mass is 16.4. The molecule has 110 valence electrons. The molecule has 0 heterocycles. The number of carbonyl (C=O) groups excluding carboxylic acids is 1. The van der Waals surface area contributed by atoms with Crippen LogP contribution in [0.25, 0.3) is 0 Å². The van der Waals surface area contributed by atoms with Crippen LogP contribution in [0.3, 0.4) is 0 Å². The van der Waals surface area contributed by atoms with E-state index in [-0.39, 0.29) is 24.0 Å². The molecule has 0 saturated heterocycles. The van der Waals surface area contributed by atoms with Gasteiger partial charge in [0.15, 0.2) is 0 Å². The molecule has 0 aliphatic heterocycles. The summed E-state index contributed by atoms with van der Waals surface area (Å²) in [6.45, 7) is 6.41. The SMILES string of the molecule is CCC(C)N(CC(=O)O)C(=O)NCC1(C)CCCC1. The Bertz CT molecular complexity index is 325. The maximum atomic E-state index is 12.1. The predicted molar refractivity (Wildman–Crippen MR) is 74.1 cm³/mol. The summed E-state index contributed by atoms with van der Waals surface area (Å²) in [5.74, 6) is -0.970. The first kappa shape index (κ1) is 15.8. The Morgan fingerprint density at radius 1 is 1.37 bits per heavy atom. The highest BCUT2D eigenvalue weighted by molar-refractivity contribution is 5.80. The van der Waals surface area contributed by atoms with Gasteiger partial charge in [0.1, 0.15) is 6.54 Å². The lowest BCUT2D eigenvalue weighted by Gasteiger charge is -2.30. The fourth-order valence-corrected chi connectivity index (χ4v) is 2.59. The van der Waals surface area contributed by atoms with Crippen LogP contribution in [0.2, 0.25) is 0 Å². The molecule has 0 aromatic rings. The Kier molecular flexibility index (Phi) is 5.63. The van der Waals surface area contributed by atoms with E-state index in [0.29, 0.717) is 6.54 Å². The lowest BCUT2D eigenvalue weighted by Crippen LogP contribution is -2.49. The van der Waals surface area contributed by atoms with Crippen molar-refractivity contribution in [1.82, 2.24) is 10.2 Å². The molecule has 2 N–H and O–H groups in total. The largest absolute Gasteiger partial charge is 0.480 e. The second-order valence-electron chi connectivity index (χ2n) is 5.96. The summed E-state index contributed by atoms with van der Waals surface area (Å²) in [5, 5.41) is 11.8. The first-order valence-electron chi connectivity index (χ1n) is 7.14. The second kappa shape index (κ2) is 6.78. The molecule has 19 heavy (non-hydrogen) atoms. The van der Waals surface area contributed by atoms with Gasteiger partial charge in [-0.25, -0.2) is 4.79 Å². The minimum absolute atomic E-state index is 0.0625. The van der Waals surface area contributed by atoms with E-state index in [4.69, 9.17) is 5.11 Å². The molecule has 1 aliphatic rings. The average Bonchev–Trinajstić information content (AvgIpc) is 2.79. The number of carbonyl (C=O) groups is 2. The van der Waals surface area contributed by atoms with Crippen molar-refractivity contribution >= 4 is 12.0 Å². The van der Waals surface area contributed by atoms with Gasteiger partial charge < -0.3 is 15.3 Å². The minimum Gasteiger partial charge on any atom is -0.480 e. The van der Waals surface area contributed by atoms with Crippen LogP contribution in [0.15, 0.2) is 0 Å². The van der Waals surface area contributed by atoms with E-state index in [9.17, 15) is 9.59 Å². The number of nitrogens with zero attached hydrogens (tertiary/aromatic N) is 1. The van der Waals surface area contributed by atoms with Crippen LogP contribution in [-0.4, -0.2) is 41.1 Å². The van der Waals surface area contributed by atoms with Gasteiger partial charge in [0, 0.05) is 12.6 Å². The van der Waals surface area contributed by atoms with Crippen LogP contribution in [-0.2, 0) is 4.79 Å². The van der Waals surface area contributed by atoms with Gasteiger partial charge in [-0.1, -0.05) is 26.7 Å². The second-order valence-corrected chi connectivity index (χ2v) is 5.96. The summed E-state index contributed by atoms with van der Waals surface area (Å²) in [4.78, 5) is 24.4. The van der Waals surface area contributed by atoms with Crippen molar-refractivity contribution < 1.29 is 14.7 Å². The van der Waals surface area contributed by atoms with Crippen LogP contribution in [0.4, 0.5) is 4.79 Å². The Balaban J connectivity index is 2.53. The Hall–Kier alpha value is -1.26. The summed E-state index contributed by atoms with van der Waals surface area (Å²) in [6.07, 6.45) is 5.45. The number of rotatable bonds is 6. The van der Waals surface area contributed by atoms with Gasteiger partial charge in [0.05, 0.1) is 0 Å². The van der Waals surface area contributed by atoms with Gasteiger partial charge in [-0.05, 0) is 31.6 Å². The third-order valence-corrected chi connectivity index (χ3v) is 4.17. The van der Waals surface area contributed by atoms with Crippen molar-refractivity contribution in [2.75, 3.05) is 13.1 Å². The Labute approximate surface area is 115 Å². The number of hydrogen-bond donors (Lipinski definition) is 2. The van der Waals surface area contributed by atoms with Gasteiger partial charge in [-0.2, -0.15) is 0 Å². The van der Waals surface area contributed by atoms with Crippen molar-refractivity contribution in [3.8, 4) is 0 Å². The third-order valence-electron chi connectivity index (χ3n) is 4.17. The van der Waals surface area contributed by atoms with E-state index in [2.05, 4.69) is 12.2 Å². The zero-order chi connectivity index (χ0) is 14.5. The first-order valence-corrected chi connectivity index (χ1v) is 7.14. The monoisotopic (exact) mass is 270 g/mol. The number of aliphatic carboxylic acids is 1. The van der Waals surface area contributed by atoms with Gasteiger partial charge in [-0.3, -0.25) is 4.79 Å². The quantitative estimate of drug-likeness (QED) is 0.779. The zero-order valence-corrected chi connectivity index (χ0v) is 12.2. The van der Waals surface area contributed by atoms with Crippen molar-refractivity contribution in [2.45, 2.75) is 58.9 Å². The normalized spacial score (nSPS) is 18.9. The smallest absolute Gasteiger partial charge is 0.323 e. The van der Waals surface area contributed by atoms with E-state index in [0.717, 1.165) is 19.3 Å². The van der Waals surface area contributed by atoms with Crippen molar-refractivity contribution in [2.24, 2.45) is 5.41 Å². The van der Waals surface area contributed by atoms with Crippen LogP contribution in [0.5, 0.6) is 0 Å². The molecule has 1 atom stereocenters. The van der Waals surface area contributed by atoms with Crippen molar-refractivity contribution in [3.63, 3.8) is 0 Å². The lowest BCUT2D eigenvalue weighted by atomic mass is 9.89. The topological polar surface area (TPSA) is 69.6 Å². The number of amides is 2. The molecule has 0 aromatic heterocycles. The van der Waals surface area contributed by atoms with Crippen molar-refractivity contribution in [1.29, 1.82) is 0 Å². The number of carboxylic acid groups (broad SMARTS) is 1. The van der Waals surface area contributed by atoms with Crippen LogP contribution in [0, 0.1) is 5.41 Å². The fraction of sp³-hybridized carbons (Fsp3) is 0.857. The van der Waals surface area contributed by atoms with Crippen LogP contribution >= 0.6 is 0 Å². The summed E-state index contributed by atoms with van der Waals surface area (Å²) >= 11 is 0. The molecule has 5 heteroatoms. The molecule has 1 unspecified atom stereocenters. The Morgan fingerprint density at radius 3 is 2.42 bits per heavy atom. The maximum Gasteiger partial charge on any atom is 0.323 e. The summed E-state index contributed by atoms with van der Waals surface area (Å²) in [5.41, 5.74) is 0.181. The van der Waals surface area contributed by atoms with Gasteiger partial charge in [0.25, 0.3) is 0 Å². The minimum atomic E-state index is -0.970. The van der Waals surface area contributed by atoms with Gasteiger partial charge >= 0.3 is 12.0 Å². The van der Waals surface area contributed by atoms with E-state index < -0.39 is 5.97 Å². The van der Waals surface area contributed by atoms with Crippen LogP contribution < -0.4 is 5.32 Å². The molecule has 0 spiro atoms. The Morgan fingerprint density at radius 2 is 1.95 bits per heavy atom. The van der Waals surface area contributed by atoms with Gasteiger partial charge in [-0.15, -0.1) is 0 Å².